The molecule has 0 aliphatic heterocycles. The maximum atomic E-state index is 2.34. The Morgan fingerprint density at radius 3 is 1.54 bits per heavy atom. The number of anilines is 6. The first kappa shape index (κ1) is 22.6. The van der Waals surface area contributed by atoms with Gasteiger partial charge in [-0.3, -0.25) is 0 Å². The van der Waals surface area contributed by atoms with Crippen LogP contribution >= 0.6 is 0 Å². The zero-order valence-electron chi connectivity index (χ0n) is 20.8. The van der Waals surface area contributed by atoms with Gasteiger partial charge in [0, 0.05) is 33.8 Å². The van der Waals surface area contributed by atoms with Gasteiger partial charge in [-0.1, -0.05) is 84.9 Å². The average Bonchev–Trinajstić information content (AvgIpc) is 2.96. The Kier molecular flexibility index (Phi) is 6.14. The minimum absolute atomic E-state index is 1.11. The van der Waals surface area contributed by atoms with Crippen molar-refractivity contribution in [3.63, 3.8) is 0 Å². The molecule has 6 aromatic rings. The molecule has 0 unspecified atom stereocenters. The highest BCUT2D eigenvalue weighted by Gasteiger charge is 2.17. The lowest BCUT2D eigenvalue weighted by atomic mass is 10.1. The van der Waals surface area contributed by atoms with E-state index < -0.39 is 0 Å². The Morgan fingerprint density at radius 2 is 0.865 bits per heavy atom. The van der Waals surface area contributed by atoms with Crippen molar-refractivity contribution in [1.29, 1.82) is 0 Å². The van der Waals surface area contributed by atoms with Gasteiger partial charge in [0.25, 0.3) is 0 Å². The van der Waals surface area contributed by atoms with Gasteiger partial charge in [0.15, 0.2) is 0 Å². The van der Waals surface area contributed by atoms with Crippen LogP contribution in [0.4, 0.5) is 34.1 Å². The molecule has 0 N–H and O–H groups in total. The summed E-state index contributed by atoms with van der Waals surface area (Å²) >= 11 is 0. The summed E-state index contributed by atoms with van der Waals surface area (Å²) in [5.41, 5.74) is 8.04. The first-order valence-corrected chi connectivity index (χ1v) is 12.6. The molecule has 0 radical (unpaired) electrons. The molecule has 2 heteroatoms. The van der Waals surface area contributed by atoms with E-state index in [1.807, 2.05) is 0 Å². The third kappa shape index (κ3) is 4.57. The summed E-state index contributed by atoms with van der Waals surface area (Å²) in [6.45, 7) is 2.14. The number of nitrogens with zero attached hydrogens (tertiary/aromatic N) is 2. The highest BCUT2D eigenvalue weighted by Crippen LogP contribution is 2.41. The van der Waals surface area contributed by atoms with E-state index in [0.717, 1.165) is 34.1 Å². The van der Waals surface area contributed by atoms with Gasteiger partial charge in [-0.15, -0.1) is 0 Å². The van der Waals surface area contributed by atoms with E-state index in [-0.39, 0.29) is 0 Å². The van der Waals surface area contributed by atoms with Crippen molar-refractivity contribution in [2.24, 2.45) is 0 Å². The topological polar surface area (TPSA) is 6.48 Å². The van der Waals surface area contributed by atoms with Crippen LogP contribution in [0.15, 0.2) is 152 Å². The number of rotatable bonds is 6. The molecule has 178 valence electrons. The standard InChI is InChI=1S/C35H28N2/c1-27-12-10-19-33(26-27)36(29-15-4-2-5-16-29)31-22-24-32(25-23-31)37(30-17-6-3-7-18-30)35-21-11-14-28-13-8-9-20-34(28)35/h2-26H,1H3. The van der Waals surface area contributed by atoms with Crippen LogP contribution in [-0.4, -0.2) is 0 Å². The summed E-state index contributed by atoms with van der Waals surface area (Å²) in [5.74, 6) is 0. The molecule has 2 nitrogen and oxygen atoms in total. The SMILES string of the molecule is Cc1cccc(N(c2ccccc2)c2ccc(N(c3ccccc3)c3cccc4ccccc34)cc2)c1. The largest absolute Gasteiger partial charge is 0.310 e. The van der Waals surface area contributed by atoms with Crippen molar-refractivity contribution in [3.05, 3.63) is 157 Å². The second-order valence-electron chi connectivity index (χ2n) is 9.20. The van der Waals surface area contributed by atoms with Crippen molar-refractivity contribution in [3.8, 4) is 0 Å². The summed E-state index contributed by atoms with van der Waals surface area (Å²) in [4.78, 5) is 4.65. The van der Waals surface area contributed by atoms with Crippen molar-refractivity contribution >= 4 is 44.9 Å². The molecule has 0 aliphatic carbocycles. The Morgan fingerprint density at radius 1 is 0.378 bits per heavy atom. The first-order chi connectivity index (χ1) is 18.3. The van der Waals surface area contributed by atoms with Crippen LogP contribution in [0, 0.1) is 6.92 Å². The lowest BCUT2D eigenvalue weighted by Gasteiger charge is -2.29. The van der Waals surface area contributed by atoms with Crippen LogP contribution in [0.5, 0.6) is 0 Å². The molecule has 0 amide bonds. The lowest BCUT2D eigenvalue weighted by molar-refractivity contribution is 1.25. The van der Waals surface area contributed by atoms with Gasteiger partial charge < -0.3 is 9.80 Å². The predicted octanol–water partition coefficient (Wildman–Crippen LogP) is 10.1. The van der Waals surface area contributed by atoms with Crippen molar-refractivity contribution < 1.29 is 0 Å². The normalized spacial score (nSPS) is 10.8. The maximum absolute atomic E-state index is 2.34. The van der Waals surface area contributed by atoms with Crippen LogP contribution in [0.3, 0.4) is 0 Å². The number of hydrogen-bond acceptors (Lipinski definition) is 2. The van der Waals surface area contributed by atoms with Gasteiger partial charge in [0.05, 0.1) is 5.69 Å². The molecule has 0 bridgehead atoms. The van der Waals surface area contributed by atoms with Gasteiger partial charge in [-0.05, 0) is 84.6 Å². The van der Waals surface area contributed by atoms with Crippen LogP contribution in [0.1, 0.15) is 5.56 Å². The zero-order chi connectivity index (χ0) is 25.0. The van der Waals surface area contributed by atoms with Gasteiger partial charge in [0.2, 0.25) is 0 Å². The molecule has 0 heterocycles. The Labute approximate surface area is 218 Å². The molecule has 0 saturated carbocycles. The molecule has 0 spiro atoms. The lowest BCUT2D eigenvalue weighted by Crippen LogP contribution is -2.12. The summed E-state index contributed by atoms with van der Waals surface area (Å²) in [6.07, 6.45) is 0. The smallest absolute Gasteiger partial charge is 0.0540 e. The third-order valence-corrected chi connectivity index (χ3v) is 6.66. The van der Waals surface area contributed by atoms with E-state index >= 15 is 0 Å². The first-order valence-electron chi connectivity index (χ1n) is 12.6. The number of fused-ring (bicyclic) bond motifs is 1. The quantitative estimate of drug-likeness (QED) is 0.236. The second kappa shape index (κ2) is 10.0. The van der Waals surface area contributed by atoms with Gasteiger partial charge in [-0.2, -0.15) is 0 Å². The molecular formula is C35H28N2. The fourth-order valence-electron chi connectivity index (χ4n) is 4.95. The molecular weight excluding hydrogens is 448 g/mol. The predicted molar refractivity (Wildman–Crippen MR) is 158 cm³/mol. The number of aryl methyl sites for hydroxylation is 1. The minimum atomic E-state index is 1.11. The monoisotopic (exact) mass is 476 g/mol. The Hall–Kier alpha value is -4.82. The summed E-state index contributed by atoms with van der Waals surface area (Å²) < 4.78 is 0. The summed E-state index contributed by atoms with van der Waals surface area (Å²) in [5, 5.41) is 2.45. The highest BCUT2D eigenvalue weighted by molar-refractivity contribution is 5.99. The van der Waals surface area contributed by atoms with Crippen LogP contribution in [-0.2, 0) is 0 Å². The number of benzene rings is 6. The Bertz CT molecular complexity index is 1620. The molecule has 37 heavy (non-hydrogen) atoms. The van der Waals surface area contributed by atoms with E-state index in [0.29, 0.717) is 0 Å². The van der Waals surface area contributed by atoms with Crippen molar-refractivity contribution in [2.45, 2.75) is 6.92 Å². The van der Waals surface area contributed by atoms with Gasteiger partial charge in [-0.25, -0.2) is 0 Å². The molecule has 6 aromatic carbocycles. The van der Waals surface area contributed by atoms with E-state index in [9.17, 15) is 0 Å². The van der Waals surface area contributed by atoms with E-state index in [1.165, 1.54) is 16.3 Å². The van der Waals surface area contributed by atoms with Crippen LogP contribution in [0.25, 0.3) is 10.8 Å². The molecule has 0 aliphatic rings. The third-order valence-electron chi connectivity index (χ3n) is 6.66. The van der Waals surface area contributed by atoms with Crippen LogP contribution < -0.4 is 9.80 Å². The van der Waals surface area contributed by atoms with Gasteiger partial charge >= 0.3 is 0 Å². The van der Waals surface area contributed by atoms with Gasteiger partial charge in [0.1, 0.15) is 0 Å². The highest BCUT2D eigenvalue weighted by atomic mass is 15.2. The molecule has 0 aromatic heterocycles. The van der Waals surface area contributed by atoms with E-state index in [4.69, 9.17) is 0 Å². The molecule has 0 fully saturated rings. The van der Waals surface area contributed by atoms with Crippen molar-refractivity contribution in [1.82, 2.24) is 0 Å². The molecule has 0 atom stereocenters. The van der Waals surface area contributed by atoms with E-state index in [2.05, 4.69) is 168 Å². The minimum Gasteiger partial charge on any atom is -0.310 e. The van der Waals surface area contributed by atoms with E-state index in [1.54, 1.807) is 0 Å². The van der Waals surface area contributed by atoms with Crippen LogP contribution in [0.2, 0.25) is 0 Å². The number of para-hydroxylation sites is 2. The molecule has 0 saturated heterocycles. The average molecular weight is 477 g/mol. The summed E-state index contributed by atoms with van der Waals surface area (Å²) in [6, 6.07) is 53.7. The zero-order valence-corrected chi connectivity index (χ0v) is 20.8. The fourth-order valence-corrected chi connectivity index (χ4v) is 4.95. The summed E-state index contributed by atoms with van der Waals surface area (Å²) in [7, 11) is 0. The molecule has 6 rings (SSSR count). The fraction of sp³-hybridized carbons (Fsp3) is 0.0286. The maximum Gasteiger partial charge on any atom is 0.0540 e. The Balaban J connectivity index is 1.47. The second-order valence-corrected chi connectivity index (χ2v) is 9.20. The number of hydrogen-bond donors (Lipinski definition) is 0. The van der Waals surface area contributed by atoms with Crippen molar-refractivity contribution in [2.75, 3.05) is 9.80 Å².